The van der Waals surface area contributed by atoms with Crippen LogP contribution in [0.25, 0.3) is 105 Å². The number of allylic oxidation sites excluding steroid dienone is 5. The van der Waals surface area contributed by atoms with Crippen LogP contribution in [-0.4, -0.2) is 6.10 Å². The lowest BCUT2D eigenvalue weighted by Crippen LogP contribution is -2.34. The molecule has 3 aliphatic carbocycles. The quantitative estimate of drug-likeness (QED) is 0.161. The van der Waals surface area contributed by atoms with Crippen molar-refractivity contribution in [3.8, 4) is 50.3 Å². The zero-order valence-electron chi connectivity index (χ0n) is 35.0. The third-order valence-electron chi connectivity index (χ3n) is 14.3. The van der Waals surface area contributed by atoms with E-state index >= 15 is 0 Å². The van der Waals surface area contributed by atoms with Gasteiger partial charge in [-0.15, -0.1) is 11.3 Å². The minimum atomic E-state index is -0.0529. The first-order valence-corrected chi connectivity index (χ1v) is 23.3. The Balaban J connectivity index is 1.04. The molecule has 0 fully saturated rings. The van der Waals surface area contributed by atoms with Crippen molar-refractivity contribution in [2.24, 2.45) is 5.92 Å². The fourth-order valence-electron chi connectivity index (χ4n) is 11.4. The maximum absolute atomic E-state index is 6.85. The number of thiophene rings is 1. The molecule has 2 heteroatoms. The summed E-state index contributed by atoms with van der Waals surface area (Å²) in [4.78, 5) is 1.49. The molecule has 1 nitrogen and oxygen atoms in total. The van der Waals surface area contributed by atoms with E-state index in [-0.39, 0.29) is 12.0 Å². The molecule has 0 amide bonds. The van der Waals surface area contributed by atoms with Gasteiger partial charge < -0.3 is 4.74 Å². The highest BCUT2D eigenvalue weighted by Gasteiger charge is 2.36. The molecule has 1 aliphatic heterocycles. The second-order valence-corrected chi connectivity index (χ2v) is 18.9. The summed E-state index contributed by atoms with van der Waals surface area (Å²) in [7, 11) is 0. The number of ether oxygens (including phenoxy) is 1. The predicted molar refractivity (Wildman–Crippen MR) is 271 cm³/mol. The van der Waals surface area contributed by atoms with Crippen molar-refractivity contribution in [3.63, 3.8) is 0 Å². The van der Waals surface area contributed by atoms with Crippen molar-refractivity contribution in [1.82, 2.24) is 0 Å². The van der Waals surface area contributed by atoms with Gasteiger partial charge in [0.15, 0.2) is 0 Å². The Bertz CT molecular complexity index is 3860. The predicted octanol–water partition coefficient (Wildman–Crippen LogP) is 14.8. The highest BCUT2D eigenvalue weighted by Crippen LogP contribution is 2.52. The normalized spacial score (nSPS) is 17.8. The molecule has 10 aromatic rings. The summed E-state index contributed by atoms with van der Waals surface area (Å²) in [6, 6.07) is 63.3. The summed E-state index contributed by atoms with van der Waals surface area (Å²) in [5, 5.41) is 11.4. The summed E-state index contributed by atoms with van der Waals surface area (Å²) >= 11 is 1.97. The van der Waals surface area contributed by atoms with Gasteiger partial charge in [-0.2, -0.15) is 0 Å². The van der Waals surface area contributed by atoms with E-state index < -0.39 is 0 Å². The van der Waals surface area contributed by atoms with Gasteiger partial charge in [0.25, 0.3) is 0 Å². The fraction of sp³-hybridized carbons (Fsp3) is 0.0645. The van der Waals surface area contributed by atoms with Crippen LogP contribution in [0, 0.1) is 5.92 Å². The van der Waals surface area contributed by atoms with Crippen LogP contribution < -0.4 is 15.2 Å². The lowest BCUT2D eigenvalue weighted by Gasteiger charge is -2.22. The van der Waals surface area contributed by atoms with Crippen LogP contribution in [0.5, 0.6) is 5.75 Å². The monoisotopic (exact) mass is 832 g/mol. The van der Waals surface area contributed by atoms with E-state index in [9.17, 15) is 0 Å². The van der Waals surface area contributed by atoms with Gasteiger partial charge in [0, 0.05) is 32.4 Å². The number of rotatable bonds is 4. The summed E-state index contributed by atoms with van der Waals surface area (Å²) in [5.41, 5.74) is 14.0. The molecule has 3 atom stereocenters. The molecule has 64 heavy (non-hydrogen) atoms. The van der Waals surface area contributed by atoms with Gasteiger partial charge in [-0.1, -0.05) is 182 Å². The average molecular weight is 833 g/mol. The largest absolute Gasteiger partial charge is 0.485 e. The first kappa shape index (κ1) is 36.0. The molecule has 0 bridgehead atoms. The lowest BCUT2D eigenvalue weighted by atomic mass is 9.80. The Morgan fingerprint density at radius 3 is 2.00 bits per heavy atom. The average Bonchev–Trinajstić information content (AvgIpc) is 3.90. The molecule has 0 spiro atoms. The summed E-state index contributed by atoms with van der Waals surface area (Å²) in [6.07, 6.45) is 17.2. The lowest BCUT2D eigenvalue weighted by molar-refractivity contribution is 0.288. The van der Waals surface area contributed by atoms with E-state index in [4.69, 9.17) is 4.74 Å². The highest BCUT2D eigenvalue weighted by molar-refractivity contribution is 7.19. The summed E-state index contributed by atoms with van der Waals surface area (Å²) < 4.78 is 8.19. The van der Waals surface area contributed by atoms with E-state index in [2.05, 4.69) is 212 Å². The number of hydrogen-bond donors (Lipinski definition) is 0. The van der Waals surface area contributed by atoms with Crippen LogP contribution in [-0.2, 0) is 6.42 Å². The SMILES string of the molecule is C1=CC2=Cc3c(sc4cc(-c5c6ccccc6c(-c6cccc7c6C6C=c8ccccc8=CC6O7)c6cc(-c7ccc(-c8ccccc8)c8ccccc78)ccc56)ccc34)CC2C=C1. The Morgan fingerprint density at radius 1 is 0.484 bits per heavy atom. The molecule has 0 radical (unpaired) electrons. The second-order valence-electron chi connectivity index (χ2n) is 17.8. The van der Waals surface area contributed by atoms with Gasteiger partial charge in [-0.25, -0.2) is 0 Å². The molecule has 1 aromatic heterocycles. The van der Waals surface area contributed by atoms with E-state index in [0.717, 1.165) is 12.2 Å². The molecule has 0 N–H and O–H groups in total. The molecular weight excluding hydrogens is 793 g/mol. The molecule has 0 saturated carbocycles. The molecule has 14 rings (SSSR count). The van der Waals surface area contributed by atoms with Crippen LogP contribution in [0.15, 0.2) is 200 Å². The van der Waals surface area contributed by atoms with Gasteiger partial charge in [-0.3, -0.25) is 0 Å². The van der Waals surface area contributed by atoms with Crippen LogP contribution in [0.3, 0.4) is 0 Å². The Labute approximate surface area is 375 Å². The Hall–Kier alpha value is -7.52. The van der Waals surface area contributed by atoms with Gasteiger partial charge in [-0.05, 0) is 135 Å². The number of fused-ring (bicyclic) bond motifs is 11. The van der Waals surface area contributed by atoms with Crippen molar-refractivity contribution in [2.75, 3.05) is 0 Å². The molecule has 3 unspecified atom stereocenters. The van der Waals surface area contributed by atoms with Gasteiger partial charge >= 0.3 is 0 Å². The van der Waals surface area contributed by atoms with Crippen molar-refractivity contribution in [2.45, 2.75) is 18.4 Å². The van der Waals surface area contributed by atoms with E-state index in [1.165, 1.54) is 119 Å². The van der Waals surface area contributed by atoms with Crippen LogP contribution >= 0.6 is 11.3 Å². The maximum atomic E-state index is 6.85. The standard InChI is InChI=1S/C62H40OS/c1-2-13-37(14-3-1)44-29-30-45(47-20-9-8-19-46(44)47)42-25-28-51-54(33-42)61(52-23-12-24-56-62(52)55-32-39-16-4-6-17-40(39)34-57(55)63-56)50-22-11-10-21-49(50)60(51)43-26-27-48-53-31-38-15-5-7-18-41(38)35-59(53)64-58(48)36-43/h1-34,36,41,55,57H,35H2. The highest BCUT2D eigenvalue weighted by atomic mass is 32.1. The first-order valence-electron chi connectivity index (χ1n) is 22.5. The zero-order chi connectivity index (χ0) is 41.9. The van der Waals surface area contributed by atoms with Crippen molar-refractivity contribution >= 4 is 72.0 Å². The molecule has 4 aliphatic rings. The number of hydrogen-bond acceptors (Lipinski definition) is 2. The molecule has 0 saturated heterocycles. The second kappa shape index (κ2) is 14.0. The third kappa shape index (κ3) is 5.42. The first-order chi connectivity index (χ1) is 31.7. The van der Waals surface area contributed by atoms with Crippen LogP contribution in [0.2, 0.25) is 0 Å². The van der Waals surface area contributed by atoms with Crippen LogP contribution in [0.4, 0.5) is 0 Å². The fourth-order valence-corrected chi connectivity index (χ4v) is 12.7. The van der Waals surface area contributed by atoms with Gasteiger partial charge in [0.2, 0.25) is 0 Å². The maximum Gasteiger partial charge on any atom is 0.128 e. The molecule has 9 aromatic carbocycles. The molecule has 300 valence electrons. The Kier molecular flexibility index (Phi) is 7.87. The van der Waals surface area contributed by atoms with E-state index in [1.807, 2.05) is 11.3 Å². The van der Waals surface area contributed by atoms with Crippen LogP contribution in [0.1, 0.15) is 21.9 Å². The van der Waals surface area contributed by atoms with E-state index in [0.29, 0.717) is 5.92 Å². The minimum absolute atomic E-state index is 0.0529. The number of benzene rings is 9. The van der Waals surface area contributed by atoms with Gasteiger partial charge in [0.05, 0.1) is 0 Å². The smallest absolute Gasteiger partial charge is 0.128 e. The van der Waals surface area contributed by atoms with Crippen molar-refractivity contribution < 1.29 is 4.74 Å². The third-order valence-corrected chi connectivity index (χ3v) is 15.5. The topological polar surface area (TPSA) is 9.23 Å². The van der Waals surface area contributed by atoms with E-state index in [1.54, 1.807) is 0 Å². The minimum Gasteiger partial charge on any atom is -0.485 e. The molecular formula is C62H40OS. The summed E-state index contributed by atoms with van der Waals surface area (Å²) in [6.45, 7) is 0. The Morgan fingerprint density at radius 2 is 1.17 bits per heavy atom. The zero-order valence-corrected chi connectivity index (χ0v) is 35.8. The summed E-state index contributed by atoms with van der Waals surface area (Å²) in [5.74, 6) is 1.54. The van der Waals surface area contributed by atoms with Crippen molar-refractivity contribution in [3.05, 3.63) is 226 Å². The van der Waals surface area contributed by atoms with Gasteiger partial charge in [0.1, 0.15) is 11.9 Å². The van der Waals surface area contributed by atoms with Crippen molar-refractivity contribution in [1.29, 1.82) is 0 Å². The molecule has 2 heterocycles.